The molecule has 2 fully saturated rings. The number of aromatic nitrogens is 2. The minimum absolute atomic E-state index is 0.277. The number of hydrogen-bond acceptors (Lipinski definition) is 5. The third kappa shape index (κ3) is 8.03. The molecular formula is C41H37Cl4N3O3. The molecule has 262 valence electrons. The second-order valence-electron chi connectivity index (χ2n) is 13.6. The fraction of sp³-hybridized carbons (Fsp3) is 0.293. The van der Waals surface area contributed by atoms with Gasteiger partial charge < -0.3 is 18.8 Å². The number of imidazole rings is 1. The quantitative estimate of drug-likeness (QED) is 0.134. The molecule has 1 aromatic heterocycles. The Morgan fingerprint density at radius 2 is 1.67 bits per heavy atom. The molecule has 10 heteroatoms. The number of nitrogens with zero attached hydrogens (tertiary/aromatic N) is 3. The summed E-state index contributed by atoms with van der Waals surface area (Å²) in [6.07, 6.45) is 11.7. The van der Waals surface area contributed by atoms with Gasteiger partial charge in [-0.2, -0.15) is 0 Å². The van der Waals surface area contributed by atoms with Crippen LogP contribution in [0.4, 0.5) is 0 Å². The van der Waals surface area contributed by atoms with Crippen LogP contribution in [0, 0.1) is 0 Å². The minimum Gasteiger partial charge on any atom is -0.491 e. The predicted molar refractivity (Wildman–Crippen MR) is 204 cm³/mol. The third-order valence-corrected chi connectivity index (χ3v) is 11.2. The lowest BCUT2D eigenvalue weighted by Crippen LogP contribution is -2.34. The Hall–Kier alpha value is -3.33. The van der Waals surface area contributed by atoms with E-state index in [2.05, 4.69) is 70.6 Å². The molecule has 6 nitrogen and oxygen atoms in total. The molecule has 3 aliphatic rings. The minimum atomic E-state index is -1.06. The zero-order valence-electron chi connectivity index (χ0n) is 27.9. The first kappa shape index (κ1) is 34.7. The first-order valence-electron chi connectivity index (χ1n) is 17.2. The lowest BCUT2D eigenvalue weighted by atomic mass is 9.99. The van der Waals surface area contributed by atoms with Crippen molar-refractivity contribution in [1.82, 2.24) is 14.5 Å². The molecule has 0 N–H and O–H groups in total. The van der Waals surface area contributed by atoms with E-state index in [1.807, 2.05) is 35.0 Å². The molecular weight excluding hydrogens is 724 g/mol. The average Bonchev–Trinajstić information content (AvgIpc) is 3.55. The summed E-state index contributed by atoms with van der Waals surface area (Å²) in [5.74, 6) is 0.833. The third-order valence-electron chi connectivity index (χ3n) is 10.0. The molecule has 0 spiro atoms. The van der Waals surface area contributed by atoms with Crippen molar-refractivity contribution in [2.45, 2.75) is 49.7 Å². The lowest BCUT2D eigenvalue weighted by Gasteiger charge is -2.29. The van der Waals surface area contributed by atoms with Crippen LogP contribution >= 0.6 is 46.4 Å². The molecule has 2 aliphatic heterocycles. The van der Waals surface area contributed by atoms with E-state index >= 15 is 0 Å². The Morgan fingerprint density at radius 3 is 2.45 bits per heavy atom. The SMILES string of the molecule is Clc1cc(Cl)cc([C@@]2(Cn3ccnc3)OC[C@H](COc3ccc4c(c3)CCN(CC=Cc3ccc([C@H]5C[C@@H]5c5ccc(Cl)c(Cl)c5)cc3)C4)O2)c1. The van der Waals surface area contributed by atoms with Crippen LogP contribution in [-0.4, -0.2) is 46.9 Å². The first-order chi connectivity index (χ1) is 24.8. The van der Waals surface area contributed by atoms with Gasteiger partial charge in [-0.05, 0) is 95.0 Å². The molecule has 1 aliphatic carbocycles. The second-order valence-corrected chi connectivity index (χ2v) is 15.3. The number of hydrogen-bond donors (Lipinski definition) is 0. The Balaban J connectivity index is 0.828. The molecule has 0 bridgehead atoms. The maximum atomic E-state index is 6.55. The van der Waals surface area contributed by atoms with Crippen molar-refractivity contribution < 1.29 is 14.2 Å². The first-order valence-corrected chi connectivity index (χ1v) is 18.7. The topological polar surface area (TPSA) is 48.8 Å². The largest absolute Gasteiger partial charge is 0.491 e. The van der Waals surface area contributed by atoms with Crippen LogP contribution in [0.1, 0.15) is 51.6 Å². The summed E-state index contributed by atoms with van der Waals surface area (Å²) in [4.78, 5) is 6.65. The van der Waals surface area contributed by atoms with Gasteiger partial charge in [0.25, 0.3) is 0 Å². The molecule has 8 rings (SSSR count). The summed E-state index contributed by atoms with van der Waals surface area (Å²) < 4.78 is 21.1. The van der Waals surface area contributed by atoms with E-state index in [4.69, 9.17) is 60.6 Å². The van der Waals surface area contributed by atoms with Gasteiger partial charge in [0.15, 0.2) is 0 Å². The average molecular weight is 762 g/mol. The highest BCUT2D eigenvalue weighted by molar-refractivity contribution is 6.42. The van der Waals surface area contributed by atoms with Gasteiger partial charge in [-0.3, -0.25) is 4.90 Å². The van der Waals surface area contributed by atoms with Gasteiger partial charge in [0.05, 0.1) is 29.5 Å². The van der Waals surface area contributed by atoms with Crippen LogP contribution in [0.5, 0.6) is 5.75 Å². The highest BCUT2D eigenvalue weighted by Gasteiger charge is 2.44. The highest BCUT2D eigenvalue weighted by atomic mass is 35.5. The predicted octanol–water partition coefficient (Wildman–Crippen LogP) is 10.2. The summed E-state index contributed by atoms with van der Waals surface area (Å²) in [6.45, 7) is 3.94. The van der Waals surface area contributed by atoms with Crippen LogP contribution in [0.25, 0.3) is 6.08 Å². The molecule has 0 unspecified atom stereocenters. The summed E-state index contributed by atoms with van der Waals surface area (Å²) in [7, 11) is 0. The Morgan fingerprint density at radius 1 is 0.863 bits per heavy atom. The summed E-state index contributed by atoms with van der Waals surface area (Å²) in [6, 6.07) is 26.7. The van der Waals surface area contributed by atoms with Gasteiger partial charge in [0.2, 0.25) is 5.79 Å². The zero-order valence-corrected chi connectivity index (χ0v) is 30.9. The maximum absolute atomic E-state index is 6.55. The van der Waals surface area contributed by atoms with Gasteiger partial charge >= 0.3 is 0 Å². The Labute approximate surface area is 318 Å². The molecule has 1 saturated carbocycles. The molecule has 5 aromatic rings. The normalized spacial score (nSPS) is 23.1. The van der Waals surface area contributed by atoms with Crippen molar-refractivity contribution in [2.24, 2.45) is 0 Å². The fourth-order valence-corrected chi connectivity index (χ4v) is 8.09. The van der Waals surface area contributed by atoms with Crippen LogP contribution in [0.2, 0.25) is 20.1 Å². The van der Waals surface area contributed by atoms with E-state index in [0.29, 0.717) is 51.7 Å². The summed E-state index contributed by atoms with van der Waals surface area (Å²) in [5, 5.41) is 2.28. The number of rotatable bonds is 11. The van der Waals surface area contributed by atoms with Crippen LogP contribution in [0.3, 0.4) is 0 Å². The van der Waals surface area contributed by atoms with Crippen molar-refractivity contribution in [3.05, 3.63) is 157 Å². The van der Waals surface area contributed by atoms with Gasteiger partial charge in [-0.1, -0.05) is 95.0 Å². The van der Waals surface area contributed by atoms with Gasteiger partial charge in [0.1, 0.15) is 18.5 Å². The monoisotopic (exact) mass is 759 g/mol. The maximum Gasteiger partial charge on any atom is 0.214 e. The van der Waals surface area contributed by atoms with Crippen molar-refractivity contribution >= 4 is 52.5 Å². The van der Waals surface area contributed by atoms with E-state index in [0.717, 1.165) is 43.8 Å². The molecule has 51 heavy (non-hydrogen) atoms. The zero-order chi connectivity index (χ0) is 35.0. The van der Waals surface area contributed by atoms with Crippen molar-refractivity contribution in [3.8, 4) is 5.75 Å². The van der Waals surface area contributed by atoms with Gasteiger partial charge in [0, 0.05) is 47.6 Å². The Bertz CT molecular complexity index is 2020. The van der Waals surface area contributed by atoms with E-state index in [1.54, 1.807) is 18.6 Å². The highest BCUT2D eigenvalue weighted by Crippen LogP contribution is 2.55. The lowest BCUT2D eigenvalue weighted by molar-refractivity contribution is -0.189. The fourth-order valence-electron chi connectivity index (χ4n) is 7.26. The molecule has 4 aromatic carbocycles. The molecule has 4 atom stereocenters. The molecule has 0 amide bonds. The standard InChI is InChI=1S/C41H37Cl4N3O3/c42-33-18-32(19-34(43)20-33)41(25-48-15-12-46-26-48)50-24-36(51-41)23-49-35-9-7-31-22-47(14-11-29(31)16-35)13-1-2-27-3-5-28(6-4-27)37-21-38(37)30-8-10-39(44)40(45)17-30/h1-10,12,15-20,26,36-38H,11,13-14,21-25H2/t36-,37+,38+,41-/m0/s1. The van der Waals surface area contributed by atoms with Crippen molar-refractivity contribution in [2.75, 3.05) is 26.3 Å². The van der Waals surface area contributed by atoms with Crippen molar-refractivity contribution in [1.29, 1.82) is 0 Å². The van der Waals surface area contributed by atoms with Crippen LogP contribution in [0.15, 0.2) is 104 Å². The van der Waals surface area contributed by atoms with E-state index < -0.39 is 5.79 Å². The Kier molecular flexibility index (Phi) is 10.2. The van der Waals surface area contributed by atoms with Gasteiger partial charge in [-0.25, -0.2) is 4.98 Å². The smallest absolute Gasteiger partial charge is 0.214 e. The molecule has 0 radical (unpaired) electrons. The molecule has 1 saturated heterocycles. The van der Waals surface area contributed by atoms with E-state index in [9.17, 15) is 0 Å². The van der Waals surface area contributed by atoms with Gasteiger partial charge in [-0.15, -0.1) is 0 Å². The van der Waals surface area contributed by atoms with Crippen LogP contribution in [-0.2, 0) is 34.8 Å². The molecule has 3 heterocycles. The second kappa shape index (κ2) is 15.0. The number of fused-ring (bicyclic) bond motifs is 1. The van der Waals surface area contributed by atoms with Crippen LogP contribution < -0.4 is 4.74 Å². The number of benzene rings is 4. The summed E-state index contributed by atoms with van der Waals surface area (Å²) in [5.41, 5.74) is 7.29. The van der Waals surface area contributed by atoms with Crippen molar-refractivity contribution in [3.63, 3.8) is 0 Å². The number of halogens is 4. The van der Waals surface area contributed by atoms with E-state index in [-0.39, 0.29) is 6.10 Å². The number of ether oxygens (including phenoxy) is 3. The van der Waals surface area contributed by atoms with E-state index in [1.165, 1.54) is 27.8 Å². The summed E-state index contributed by atoms with van der Waals surface area (Å²) >= 11 is 25.1.